The Morgan fingerprint density at radius 3 is 2.28 bits per heavy atom. The van der Waals surface area contributed by atoms with E-state index in [2.05, 4.69) is 15.9 Å². The molecule has 3 rings (SSSR count). The standard InChI is InChI=1S/C20H20BrNO6S/c1-27-18-9-6-15(12-19(18)29(25,26)22-10-2-3-11-22)20(24)28-13-17(23)14-4-7-16(21)8-5-14/h4-9,12H,2-3,10-11,13H2,1H3. The van der Waals surface area contributed by atoms with Gasteiger partial charge >= 0.3 is 5.97 Å². The molecule has 7 nitrogen and oxygen atoms in total. The number of rotatable bonds is 7. The third kappa shape index (κ3) is 4.85. The molecule has 0 atom stereocenters. The molecule has 1 aliphatic heterocycles. The van der Waals surface area contributed by atoms with Crippen LogP contribution in [0.15, 0.2) is 51.8 Å². The lowest BCUT2D eigenvalue weighted by Crippen LogP contribution is -2.28. The van der Waals surface area contributed by atoms with Crippen LogP contribution >= 0.6 is 15.9 Å². The van der Waals surface area contributed by atoms with E-state index in [-0.39, 0.29) is 22.0 Å². The van der Waals surface area contributed by atoms with Crippen molar-refractivity contribution in [3.8, 4) is 5.75 Å². The van der Waals surface area contributed by atoms with Crippen molar-refractivity contribution in [3.05, 3.63) is 58.1 Å². The van der Waals surface area contributed by atoms with Gasteiger partial charge in [-0.3, -0.25) is 4.79 Å². The Morgan fingerprint density at radius 2 is 1.66 bits per heavy atom. The van der Waals surface area contributed by atoms with Crippen LogP contribution in [0.5, 0.6) is 5.75 Å². The highest BCUT2D eigenvalue weighted by molar-refractivity contribution is 9.10. The van der Waals surface area contributed by atoms with Crippen molar-refractivity contribution in [2.75, 3.05) is 26.8 Å². The Labute approximate surface area is 177 Å². The summed E-state index contributed by atoms with van der Waals surface area (Å²) in [7, 11) is -2.42. The van der Waals surface area contributed by atoms with Crippen LogP contribution < -0.4 is 4.74 Å². The van der Waals surface area contributed by atoms with Gasteiger partial charge in [0.25, 0.3) is 0 Å². The molecular weight excluding hydrogens is 462 g/mol. The summed E-state index contributed by atoms with van der Waals surface area (Å²) in [6.07, 6.45) is 1.59. The molecule has 0 radical (unpaired) electrons. The highest BCUT2D eigenvalue weighted by atomic mass is 79.9. The molecule has 2 aromatic rings. The number of nitrogens with zero attached hydrogens (tertiary/aromatic N) is 1. The number of Topliss-reactive ketones (excluding diaryl/α,β-unsaturated/α-hetero) is 1. The summed E-state index contributed by atoms with van der Waals surface area (Å²) in [4.78, 5) is 24.5. The number of carbonyl (C=O) groups excluding carboxylic acids is 2. The molecule has 0 N–H and O–H groups in total. The van der Waals surface area contributed by atoms with Gasteiger partial charge in [-0.05, 0) is 43.2 Å². The number of hydrogen-bond donors (Lipinski definition) is 0. The number of benzene rings is 2. The van der Waals surface area contributed by atoms with E-state index in [1.807, 2.05) is 0 Å². The predicted molar refractivity (Wildman–Crippen MR) is 110 cm³/mol. The monoisotopic (exact) mass is 481 g/mol. The van der Waals surface area contributed by atoms with Crippen LogP contribution in [0.4, 0.5) is 0 Å². The first kappa shape index (κ1) is 21.5. The molecule has 0 spiro atoms. The number of sulfonamides is 1. The fraction of sp³-hybridized carbons (Fsp3) is 0.300. The molecule has 9 heteroatoms. The van der Waals surface area contributed by atoms with Gasteiger partial charge < -0.3 is 9.47 Å². The molecule has 0 saturated carbocycles. The third-order valence-corrected chi connectivity index (χ3v) is 7.03. The third-order valence-electron chi connectivity index (χ3n) is 4.58. The average molecular weight is 482 g/mol. The topological polar surface area (TPSA) is 90.0 Å². The molecule has 154 valence electrons. The molecule has 0 aliphatic carbocycles. The van der Waals surface area contributed by atoms with Crippen LogP contribution in [0.25, 0.3) is 0 Å². The van der Waals surface area contributed by atoms with Crippen LogP contribution in [-0.4, -0.2) is 51.3 Å². The summed E-state index contributed by atoms with van der Waals surface area (Å²) in [5.41, 5.74) is 0.445. The van der Waals surface area contributed by atoms with Crippen LogP contribution in [0.2, 0.25) is 0 Å². The Bertz CT molecular complexity index is 1010. The van der Waals surface area contributed by atoms with Gasteiger partial charge in [0.05, 0.1) is 12.7 Å². The normalized spacial score (nSPS) is 14.6. The number of esters is 1. The van der Waals surface area contributed by atoms with Crippen molar-refractivity contribution in [2.24, 2.45) is 0 Å². The minimum Gasteiger partial charge on any atom is -0.495 e. The lowest BCUT2D eigenvalue weighted by molar-refractivity contribution is 0.0474. The zero-order valence-corrected chi connectivity index (χ0v) is 18.2. The van der Waals surface area contributed by atoms with E-state index in [1.54, 1.807) is 24.3 Å². The molecule has 1 fully saturated rings. The number of methoxy groups -OCH3 is 1. The average Bonchev–Trinajstić information content (AvgIpc) is 3.27. The van der Waals surface area contributed by atoms with E-state index in [0.717, 1.165) is 17.3 Å². The molecule has 1 aliphatic rings. The first-order valence-electron chi connectivity index (χ1n) is 8.97. The van der Waals surface area contributed by atoms with Gasteiger partial charge in [-0.25, -0.2) is 13.2 Å². The molecule has 29 heavy (non-hydrogen) atoms. The highest BCUT2D eigenvalue weighted by Crippen LogP contribution is 2.30. The summed E-state index contributed by atoms with van der Waals surface area (Å²) in [5.74, 6) is -0.986. The number of ether oxygens (including phenoxy) is 2. The number of halogens is 1. The van der Waals surface area contributed by atoms with Crippen LogP contribution in [-0.2, 0) is 14.8 Å². The lowest BCUT2D eigenvalue weighted by Gasteiger charge is -2.18. The maximum absolute atomic E-state index is 12.9. The van der Waals surface area contributed by atoms with Crippen molar-refractivity contribution in [1.29, 1.82) is 0 Å². The fourth-order valence-corrected chi connectivity index (χ4v) is 4.97. The second-order valence-corrected chi connectivity index (χ2v) is 9.31. The first-order chi connectivity index (χ1) is 13.8. The first-order valence-corrected chi connectivity index (χ1v) is 11.2. The Morgan fingerprint density at radius 1 is 1.03 bits per heavy atom. The maximum atomic E-state index is 12.9. The molecule has 1 heterocycles. The minimum absolute atomic E-state index is 0.0344. The van der Waals surface area contributed by atoms with E-state index in [9.17, 15) is 18.0 Å². The number of hydrogen-bond acceptors (Lipinski definition) is 6. The molecule has 0 amide bonds. The summed E-state index contributed by atoms with van der Waals surface area (Å²) < 4.78 is 38.3. The molecule has 0 unspecified atom stereocenters. The number of ketones is 1. The quantitative estimate of drug-likeness (QED) is 0.445. The summed E-state index contributed by atoms with van der Waals surface area (Å²) in [5, 5.41) is 0. The minimum atomic E-state index is -3.79. The second-order valence-electron chi connectivity index (χ2n) is 6.48. The van der Waals surface area contributed by atoms with Gasteiger partial charge in [0.2, 0.25) is 10.0 Å². The fourth-order valence-electron chi connectivity index (χ4n) is 3.01. The summed E-state index contributed by atoms with van der Waals surface area (Å²) in [6.45, 7) is 0.421. The predicted octanol–water partition coefficient (Wildman–Crippen LogP) is 3.28. The summed E-state index contributed by atoms with van der Waals surface area (Å²) in [6, 6.07) is 10.7. The van der Waals surface area contributed by atoms with Crippen LogP contribution in [0, 0.1) is 0 Å². The Kier molecular flexibility index (Phi) is 6.71. The van der Waals surface area contributed by atoms with Crippen LogP contribution in [0.1, 0.15) is 33.6 Å². The van der Waals surface area contributed by atoms with Gasteiger partial charge in [0.1, 0.15) is 10.6 Å². The Hall–Kier alpha value is -2.23. The van der Waals surface area contributed by atoms with E-state index in [0.29, 0.717) is 18.7 Å². The van der Waals surface area contributed by atoms with Gasteiger partial charge in [0.15, 0.2) is 12.4 Å². The van der Waals surface area contributed by atoms with Crippen LogP contribution in [0.3, 0.4) is 0 Å². The van der Waals surface area contributed by atoms with E-state index >= 15 is 0 Å². The van der Waals surface area contributed by atoms with Crippen molar-refractivity contribution >= 4 is 37.7 Å². The molecular formula is C20H20BrNO6S. The van der Waals surface area contributed by atoms with Gasteiger partial charge in [-0.1, -0.05) is 28.1 Å². The molecule has 1 saturated heterocycles. The molecule has 0 bridgehead atoms. The van der Waals surface area contributed by atoms with Crippen molar-refractivity contribution in [2.45, 2.75) is 17.7 Å². The SMILES string of the molecule is COc1ccc(C(=O)OCC(=O)c2ccc(Br)cc2)cc1S(=O)(=O)N1CCCC1. The van der Waals surface area contributed by atoms with Crippen molar-refractivity contribution in [3.63, 3.8) is 0 Å². The Balaban J connectivity index is 1.77. The van der Waals surface area contributed by atoms with Gasteiger partial charge in [0, 0.05) is 23.1 Å². The highest BCUT2D eigenvalue weighted by Gasteiger charge is 2.31. The lowest BCUT2D eigenvalue weighted by atomic mass is 10.1. The zero-order valence-electron chi connectivity index (χ0n) is 15.8. The molecule has 2 aromatic carbocycles. The zero-order chi connectivity index (χ0) is 21.0. The van der Waals surface area contributed by atoms with Gasteiger partial charge in [-0.2, -0.15) is 4.31 Å². The largest absolute Gasteiger partial charge is 0.495 e. The second kappa shape index (κ2) is 9.06. The molecule has 0 aromatic heterocycles. The smallest absolute Gasteiger partial charge is 0.338 e. The maximum Gasteiger partial charge on any atom is 0.338 e. The van der Waals surface area contributed by atoms with Crippen molar-refractivity contribution in [1.82, 2.24) is 4.31 Å². The number of carbonyl (C=O) groups is 2. The van der Waals surface area contributed by atoms with Gasteiger partial charge in [-0.15, -0.1) is 0 Å². The van der Waals surface area contributed by atoms with Crippen molar-refractivity contribution < 1.29 is 27.5 Å². The van der Waals surface area contributed by atoms with E-state index in [4.69, 9.17) is 9.47 Å². The summed E-state index contributed by atoms with van der Waals surface area (Å²) >= 11 is 3.29. The van der Waals surface area contributed by atoms with E-state index < -0.39 is 22.6 Å². The van der Waals surface area contributed by atoms with E-state index in [1.165, 1.54) is 29.6 Å².